The van der Waals surface area contributed by atoms with Crippen LogP contribution in [0.3, 0.4) is 0 Å². The van der Waals surface area contributed by atoms with Gasteiger partial charge in [-0.2, -0.15) is 0 Å². The van der Waals surface area contributed by atoms with E-state index in [2.05, 4.69) is 12.6 Å². The Bertz CT molecular complexity index is 332. The molecular formula is C11H14O3S. The smallest absolute Gasteiger partial charge is 0.345 e. The molecule has 0 bridgehead atoms. The van der Waals surface area contributed by atoms with E-state index >= 15 is 0 Å². The molecule has 0 saturated heterocycles. The summed E-state index contributed by atoms with van der Waals surface area (Å²) in [6, 6.07) is 6.94. The van der Waals surface area contributed by atoms with Gasteiger partial charge in [0.2, 0.25) is 0 Å². The van der Waals surface area contributed by atoms with Crippen molar-refractivity contribution < 1.29 is 14.6 Å². The number of aliphatic carboxylic acids is 1. The van der Waals surface area contributed by atoms with Crippen molar-refractivity contribution in [3.63, 3.8) is 0 Å². The van der Waals surface area contributed by atoms with E-state index in [9.17, 15) is 4.79 Å². The lowest BCUT2D eigenvalue weighted by molar-refractivity contribution is -0.147. The summed E-state index contributed by atoms with van der Waals surface area (Å²) in [5.74, 6) is -0.466. The van der Waals surface area contributed by atoms with Crippen molar-refractivity contribution in [2.75, 3.05) is 0 Å². The van der Waals surface area contributed by atoms with Gasteiger partial charge in [0.25, 0.3) is 0 Å². The normalized spacial score (nSPS) is 12.5. The summed E-state index contributed by atoms with van der Waals surface area (Å²) in [5.41, 5.74) is 0. The van der Waals surface area contributed by atoms with Gasteiger partial charge in [-0.05, 0) is 24.3 Å². The first-order chi connectivity index (χ1) is 7.00. The summed E-state index contributed by atoms with van der Waals surface area (Å²) in [6.07, 6.45) is -0.809. The van der Waals surface area contributed by atoms with E-state index in [4.69, 9.17) is 9.84 Å². The van der Waals surface area contributed by atoms with Crippen molar-refractivity contribution in [1.82, 2.24) is 0 Å². The molecule has 0 fully saturated rings. The fourth-order valence-electron chi connectivity index (χ4n) is 1.14. The summed E-state index contributed by atoms with van der Waals surface area (Å²) in [7, 11) is 0. The number of ether oxygens (including phenoxy) is 1. The van der Waals surface area contributed by atoms with Crippen LogP contribution in [0.1, 0.15) is 13.8 Å². The highest BCUT2D eigenvalue weighted by atomic mass is 32.1. The zero-order valence-electron chi connectivity index (χ0n) is 8.68. The standard InChI is InChI=1S/C11H14O3S/c1-7(2)10(11(12)13)14-8-3-5-9(15)6-4-8/h3-7,10,15H,1-2H3,(H,12,13). The molecular weight excluding hydrogens is 212 g/mol. The maximum Gasteiger partial charge on any atom is 0.345 e. The largest absolute Gasteiger partial charge is 0.478 e. The van der Waals surface area contributed by atoms with Crippen molar-refractivity contribution in [3.05, 3.63) is 24.3 Å². The number of rotatable bonds is 4. The highest BCUT2D eigenvalue weighted by Gasteiger charge is 2.23. The number of thiol groups is 1. The van der Waals surface area contributed by atoms with E-state index < -0.39 is 12.1 Å². The van der Waals surface area contributed by atoms with Crippen LogP contribution in [0.25, 0.3) is 0 Å². The molecule has 3 nitrogen and oxygen atoms in total. The number of hydrogen-bond acceptors (Lipinski definition) is 3. The Kier molecular flexibility index (Phi) is 4.03. The molecule has 0 spiro atoms. The van der Waals surface area contributed by atoms with E-state index in [-0.39, 0.29) is 5.92 Å². The second-order valence-corrected chi connectivity index (χ2v) is 4.13. The van der Waals surface area contributed by atoms with Crippen molar-refractivity contribution in [2.45, 2.75) is 24.8 Å². The lowest BCUT2D eigenvalue weighted by Crippen LogP contribution is -2.32. The molecule has 0 aliphatic carbocycles. The van der Waals surface area contributed by atoms with E-state index in [1.807, 2.05) is 13.8 Å². The first kappa shape index (κ1) is 11.9. The molecule has 0 aliphatic heterocycles. The van der Waals surface area contributed by atoms with Gasteiger partial charge in [0.1, 0.15) is 5.75 Å². The zero-order valence-corrected chi connectivity index (χ0v) is 9.57. The molecule has 1 N–H and O–H groups in total. The topological polar surface area (TPSA) is 46.5 Å². The third kappa shape index (κ3) is 3.47. The Hall–Kier alpha value is -1.16. The number of carboxylic acids is 1. The number of benzene rings is 1. The van der Waals surface area contributed by atoms with Crippen LogP contribution in [0, 0.1) is 5.92 Å². The molecule has 82 valence electrons. The molecule has 1 atom stereocenters. The fraction of sp³-hybridized carbons (Fsp3) is 0.364. The SMILES string of the molecule is CC(C)C(Oc1ccc(S)cc1)C(=O)O. The van der Waals surface area contributed by atoms with Gasteiger partial charge in [0.05, 0.1) is 0 Å². The number of carbonyl (C=O) groups is 1. The summed E-state index contributed by atoms with van der Waals surface area (Å²) in [4.78, 5) is 11.7. The van der Waals surface area contributed by atoms with Crippen LogP contribution in [0.15, 0.2) is 29.2 Å². The van der Waals surface area contributed by atoms with Gasteiger partial charge < -0.3 is 9.84 Å². The molecule has 4 heteroatoms. The van der Waals surface area contributed by atoms with Crippen molar-refractivity contribution in [1.29, 1.82) is 0 Å². The predicted octanol–water partition coefficient (Wildman–Crippen LogP) is 2.46. The first-order valence-electron chi connectivity index (χ1n) is 4.69. The minimum atomic E-state index is -0.944. The first-order valence-corrected chi connectivity index (χ1v) is 5.14. The highest BCUT2D eigenvalue weighted by molar-refractivity contribution is 7.80. The Morgan fingerprint density at radius 2 is 1.87 bits per heavy atom. The van der Waals surface area contributed by atoms with Crippen LogP contribution in [0.4, 0.5) is 0 Å². The average molecular weight is 226 g/mol. The Morgan fingerprint density at radius 3 is 2.27 bits per heavy atom. The monoisotopic (exact) mass is 226 g/mol. The minimum absolute atomic E-state index is 0.0711. The van der Waals surface area contributed by atoms with Gasteiger partial charge in [0.15, 0.2) is 6.10 Å². The Morgan fingerprint density at radius 1 is 1.33 bits per heavy atom. The van der Waals surface area contributed by atoms with Gasteiger partial charge in [-0.15, -0.1) is 12.6 Å². The fourth-order valence-corrected chi connectivity index (χ4v) is 1.29. The van der Waals surface area contributed by atoms with Gasteiger partial charge in [0, 0.05) is 10.8 Å². The Balaban J connectivity index is 2.74. The Labute approximate surface area is 94.5 Å². The summed E-state index contributed by atoms with van der Waals surface area (Å²) in [5, 5.41) is 8.92. The maximum atomic E-state index is 10.9. The lowest BCUT2D eigenvalue weighted by atomic mass is 10.1. The predicted molar refractivity (Wildman–Crippen MR) is 60.6 cm³/mol. The van der Waals surface area contributed by atoms with Crippen molar-refractivity contribution in [3.8, 4) is 5.75 Å². The second-order valence-electron chi connectivity index (χ2n) is 3.61. The summed E-state index contributed by atoms with van der Waals surface area (Å²) < 4.78 is 5.36. The number of hydrogen-bond donors (Lipinski definition) is 2. The molecule has 15 heavy (non-hydrogen) atoms. The van der Waals surface area contributed by atoms with E-state index in [0.29, 0.717) is 5.75 Å². The van der Waals surface area contributed by atoms with Gasteiger partial charge in [-0.3, -0.25) is 0 Å². The quantitative estimate of drug-likeness (QED) is 0.775. The zero-order chi connectivity index (χ0) is 11.4. The molecule has 0 radical (unpaired) electrons. The minimum Gasteiger partial charge on any atom is -0.478 e. The van der Waals surface area contributed by atoms with Crippen molar-refractivity contribution >= 4 is 18.6 Å². The molecule has 0 saturated carbocycles. The van der Waals surface area contributed by atoms with Crippen LogP contribution in [-0.2, 0) is 4.79 Å². The third-order valence-corrected chi connectivity index (χ3v) is 2.25. The molecule has 0 aromatic heterocycles. The van der Waals surface area contributed by atoms with Gasteiger partial charge in [-0.25, -0.2) is 4.79 Å². The second kappa shape index (κ2) is 5.07. The average Bonchev–Trinajstić information content (AvgIpc) is 2.15. The van der Waals surface area contributed by atoms with E-state index in [1.54, 1.807) is 24.3 Å². The van der Waals surface area contributed by atoms with Crippen molar-refractivity contribution in [2.24, 2.45) is 5.92 Å². The van der Waals surface area contributed by atoms with E-state index in [0.717, 1.165) is 4.90 Å². The number of carboxylic acid groups (broad SMARTS) is 1. The molecule has 1 aromatic rings. The third-order valence-electron chi connectivity index (χ3n) is 1.95. The van der Waals surface area contributed by atoms with Gasteiger partial charge in [-0.1, -0.05) is 13.8 Å². The van der Waals surface area contributed by atoms with Crippen LogP contribution >= 0.6 is 12.6 Å². The molecule has 0 heterocycles. The van der Waals surface area contributed by atoms with Gasteiger partial charge >= 0.3 is 5.97 Å². The van der Waals surface area contributed by atoms with Crippen LogP contribution in [0.2, 0.25) is 0 Å². The molecule has 0 amide bonds. The van der Waals surface area contributed by atoms with Crippen LogP contribution in [0.5, 0.6) is 5.75 Å². The van der Waals surface area contributed by atoms with E-state index in [1.165, 1.54) is 0 Å². The van der Waals surface area contributed by atoms with Crippen LogP contribution < -0.4 is 4.74 Å². The molecule has 1 unspecified atom stereocenters. The van der Waals surface area contributed by atoms with Crippen LogP contribution in [-0.4, -0.2) is 17.2 Å². The molecule has 0 aliphatic rings. The highest BCUT2D eigenvalue weighted by Crippen LogP contribution is 2.18. The maximum absolute atomic E-state index is 10.9. The lowest BCUT2D eigenvalue weighted by Gasteiger charge is -2.18. The summed E-state index contributed by atoms with van der Waals surface area (Å²) >= 11 is 4.13. The molecule has 1 aromatic carbocycles. The molecule has 1 rings (SSSR count). The summed E-state index contributed by atoms with van der Waals surface area (Å²) in [6.45, 7) is 3.62.